The maximum Gasteiger partial charge on any atom is 0.343 e. The lowest BCUT2D eigenvalue weighted by atomic mass is 10.1. The minimum Gasteiger partial charge on any atom is -0.462 e. The molecule has 0 aliphatic heterocycles. The number of hydrogen-bond donors (Lipinski definition) is 1. The third-order valence-electron chi connectivity index (χ3n) is 3.45. The molecule has 0 radical (unpaired) electrons. The zero-order valence-corrected chi connectivity index (χ0v) is 11.8. The Labute approximate surface area is 120 Å². The average Bonchev–Trinajstić information content (AvgIpc) is 2.90. The predicted octanol–water partition coefficient (Wildman–Crippen LogP) is 2.07. The van der Waals surface area contributed by atoms with Gasteiger partial charge >= 0.3 is 5.97 Å². The van der Waals surface area contributed by atoms with Crippen LogP contribution in [0, 0.1) is 0 Å². The van der Waals surface area contributed by atoms with E-state index in [1.165, 1.54) is 6.20 Å². The number of esters is 1. The number of fused-ring (bicyclic) bond motifs is 3. The topological polar surface area (TPSA) is 77.0 Å². The summed E-state index contributed by atoms with van der Waals surface area (Å²) in [5.41, 5.74) is 0.965. The number of aromatic amines is 1. The Balaban J connectivity index is 2.40. The third-order valence-corrected chi connectivity index (χ3v) is 3.45. The Morgan fingerprint density at radius 3 is 2.90 bits per heavy atom. The van der Waals surface area contributed by atoms with Crippen molar-refractivity contribution in [3.05, 3.63) is 40.3 Å². The molecule has 0 amide bonds. The monoisotopic (exact) mass is 285 g/mol. The standard InChI is InChI=1S/C15H15N3O3/c1-3-18-13-9(7-17-18)5-6-11-12(13)14(19)10(8-16-11)15(20)21-4-2/h5-8,17H,3-4H2,1-2H3. The summed E-state index contributed by atoms with van der Waals surface area (Å²) < 4.78 is 6.77. The molecule has 0 spiro atoms. The summed E-state index contributed by atoms with van der Waals surface area (Å²) in [5, 5.41) is 4.44. The van der Waals surface area contributed by atoms with Crippen molar-refractivity contribution < 1.29 is 9.53 Å². The summed E-state index contributed by atoms with van der Waals surface area (Å²) in [4.78, 5) is 28.7. The number of nitrogens with one attached hydrogen (secondary N) is 1. The lowest BCUT2D eigenvalue weighted by Crippen LogP contribution is -2.18. The van der Waals surface area contributed by atoms with E-state index < -0.39 is 5.97 Å². The van der Waals surface area contributed by atoms with E-state index in [4.69, 9.17) is 4.74 Å². The van der Waals surface area contributed by atoms with E-state index >= 15 is 0 Å². The Kier molecular flexibility index (Phi) is 3.21. The Hall–Kier alpha value is -2.63. The van der Waals surface area contributed by atoms with Gasteiger partial charge in [-0.15, -0.1) is 0 Å². The first-order valence-corrected chi connectivity index (χ1v) is 6.84. The van der Waals surface area contributed by atoms with Crippen molar-refractivity contribution in [3.63, 3.8) is 0 Å². The predicted molar refractivity (Wildman–Crippen MR) is 79.5 cm³/mol. The van der Waals surface area contributed by atoms with Gasteiger partial charge in [-0.3, -0.25) is 14.5 Å². The van der Waals surface area contributed by atoms with E-state index in [2.05, 4.69) is 10.1 Å². The number of rotatable bonds is 3. The average molecular weight is 285 g/mol. The zero-order chi connectivity index (χ0) is 15.0. The van der Waals surface area contributed by atoms with Gasteiger partial charge < -0.3 is 9.84 Å². The van der Waals surface area contributed by atoms with Gasteiger partial charge in [-0.05, 0) is 26.0 Å². The summed E-state index contributed by atoms with van der Waals surface area (Å²) in [5.74, 6) is -0.632. The molecule has 21 heavy (non-hydrogen) atoms. The van der Waals surface area contributed by atoms with Crippen LogP contribution in [0.3, 0.4) is 0 Å². The summed E-state index contributed by atoms with van der Waals surface area (Å²) in [6.07, 6.45) is 3.12. The molecule has 108 valence electrons. The molecule has 0 saturated heterocycles. The SMILES string of the molecule is CCOC(=O)c1cnc2ccc3c[nH]n(CC)c3c2c1=O. The second-order valence-electron chi connectivity index (χ2n) is 4.64. The Bertz CT molecular complexity index is 892. The second kappa shape index (κ2) is 5.05. The number of hydrogen-bond acceptors (Lipinski definition) is 4. The number of benzene rings is 1. The molecule has 6 nitrogen and oxygen atoms in total. The highest BCUT2D eigenvalue weighted by molar-refractivity contribution is 6.06. The molecule has 1 aromatic carbocycles. The van der Waals surface area contributed by atoms with Crippen LogP contribution in [0.2, 0.25) is 0 Å². The molecule has 0 fully saturated rings. The van der Waals surface area contributed by atoms with Gasteiger partial charge in [0.25, 0.3) is 0 Å². The van der Waals surface area contributed by atoms with Gasteiger partial charge in [0.05, 0.1) is 23.0 Å². The van der Waals surface area contributed by atoms with E-state index in [0.717, 1.165) is 10.9 Å². The van der Waals surface area contributed by atoms with Crippen molar-refractivity contribution in [1.29, 1.82) is 0 Å². The van der Waals surface area contributed by atoms with Crippen LogP contribution in [-0.4, -0.2) is 27.3 Å². The number of aryl methyl sites for hydroxylation is 1. The largest absolute Gasteiger partial charge is 0.462 e. The van der Waals surface area contributed by atoms with Gasteiger partial charge in [0.1, 0.15) is 5.56 Å². The minimum absolute atomic E-state index is 0.0271. The molecule has 0 saturated carbocycles. The van der Waals surface area contributed by atoms with Crippen molar-refractivity contribution in [2.24, 2.45) is 0 Å². The summed E-state index contributed by atoms with van der Waals surface area (Å²) in [6, 6.07) is 3.68. The molecule has 0 bridgehead atoms. The number of carbonyl (C=O) groups is 1. The van der Waals surface area contributed by atoms with Crippen LogP contribution < -0.4 is 5.43 Å². The van der Waals surface area contributed by atoms with Crippen molar-refractivity contribution in [3.8, 4) is 0 Å². The number of ether oxygens (including phenoxy) is 1. The maximum absolute atomic E-state index is 12.7. The number of carbonyl (C=O) groups excluding carboxylic acids is 1. The van der Waals surface area contributed by atoms with Gasteiger partial charge in [-0.1, -0.05) is 0 Å². The maximum atomic E-state index is 12.7. The smallest absolute Gasteiger partial charge is 0.343 e. The fraction of sp³-hybridized carbons (Fsp3) is 0.267. The minimum atomic E-state index is -0.632. The van der Waals surface area contributed by atoms with Crippen molar-refractivity contribution in [1.82, 2.24) is 14.8 Å². The molecule has 6 heteroatoms. The summed E-state index contributed by atoms with van der Waals surface area (Å²) in [6.45, 7) is 4.58. The normalized spacial score (nSPS) is 11.1. The number of nitrogens with zero attached hydrogens (tertiary/aromatic N) is 2. The summed E-state index contributed by atoms with van der Waals surface area (Å²) >= 11 is 0. The molecule has 1 N–H and O–H groups in total. The highest BCUT2D eigenvalue weighted by Crippen LogP contribution is 2.22. The second-order valence-corrected chi connectivity index (χ2v) is 4.64. The molecule has 3 aromatic rings. The van der Waals surface area contributed by atoms with Crippen molar-refractivity contribution in [2.45, 2.75) is 20.4 Å². The summed E-state index contributed by atoms with van der Waals surface area (Å²) in [7, 11) is 0. The first-order valence-electron chi connectivity index (χ1n) is 6.84. The number of pyridine rings is 1. The van der Waals surface area contributed by atoms with Crippen LogP contribution in [0.1, 0.15) is 24.2 Å². The Morgan fingerprint density at radius 1 is 1.38 bits per heavy atom. The molecule has 0 atom stereocenters. The molecule has 2 heterocycles. The van der Waals surface area contributed by atoms with Crippen molar-refractivity contribution in [2.75, 3.05) is 6.61 Å². The molecular formula is C15H15N3O3. The van der Waals surface area contributed by atoms with E-state index in [9.17, 15) is 9.59 Å². The molecule has 0 aliphatic rings. The zero-order valence-electron chi connectivity index (χ0n) is 11.8. The van der Waals surface area contributed by atoms with Gasteiger partial charge in [-0.25, -0.2) is 4.79 Å². The van der Waals surface area contributed by atoms with Gasteiger partial charge in [0.2, 0.25) is 5.43 Å². The lowest BCUT2D eigenvalue weighted by Gasteiger charge is -2.05. The van der Waals surface area contributed by atoms with Crippen LogP contribution in [-0.2, 0) is 11.3 Å². The van der Waals surface area contributed by atoms with E-state index in [1.807, 2.05) is 23.9 Å². The van der Waals surface area contributed by atoms with Gasteiger partial charge in [-0.2, -0.15) is 0 Å². The molecule has 0 aliphatic carbocycles. The Morgan fingerprint density at radius 2 is 2.19 bits per heavy atom. The van der Waals surface area contributed by atoms with E-state index in [0.29, 0.717) is 17.4 Å². The lowest BCUT2D eigenvalue weighted by molar-refractivity contribution is 0.0524. The van der Waals surface area contributed by atoms with E-state index in [-0.39, 0.29) is 17.6 Å². The van der Waals surface area contributed by atoms with Crippen LogP contribution in [0.25, 0.3) is 21.8 Å². The van der Waals surface area contributed by atoms with Crippen LogP contribution >= 0.6 is 0 Å². The third kappa shape index (κ3) is 1.99. The fourth-order valence-electron chi connectivity index (χ4n) is 2.48. The number of aromatic nitrogens is 3. The fourth-order valence-corrected chi connectivity index (χ4v) is 2.48. The number of H-pyrrole nitrogens is 1. The van der Waals surface area contributed by atoms with E-state index in [1.54, 1.807) is 13.0 Å². The van der Waals surface area contributed by atoms with Gasteiger partial charge in [0, 0.05) is 24.3 Å². The molecule has 2 aromatic heterocycles. The van der Waals surface area contributed by atoms with Crippen molar-refractivity contribution >= 4 is 27.8 Å². The van der Waals surface area contributed by atoms with Crippen LogP contribution in [0.15, 0.2) is 29.3 Å². The van der Waals surface area contributed by atoms with Crippen LogP contribution in [0.5, 0.6) is 0 Å². The highest BCUT2D eigenvalue weighted by atomic mass is 16.5. The molecule has 0 unspecified atom stereocenters. The quantitative estimate of drug-likeness (QED) is 0.747. The first kappa shape index (κ1) is 13.4. The highest BCUT2D eigenvalue weighted by Gasteiger charge is 2.17. The molecular weight excluding hydrogens is 270 g/mol. The molecule has 3 rings (SSSR count). The van der Waals surface area contributed by atoms with Gasteiger partial charge in [0.15, 0.2) is 0 Å². The first-order chi connectivity index (χ1) is 10.2. The van der Waals surface area contributed by atoms with Crippen LogP contribution in [0.4, 0.5) is 0 Å².